The smallest absolute Gasteiger partial charge is 0.222 e. The van der Waals surface area contributed by atoms with Crippen LogP contribution in [0.2, 0.25) is 0 Å². The Hall–Kier alpha value is -1.24. The second-order valence-corrected chi connectivity index (χ2v) is 3.24. The number of isocyanates is 2. The van der Waals surface area contributed by atoms with Crippen molar-refractivity contribution < 1.29 is 9.59 Å². The van der Waals surface area contributed by atoms with Gasteiger partial charge in [-0.3, -0.25) is 0 Å². The zero-order valence-electron chi connectivity index (χ0n) is 9.93. The summed E-state index contributed by atoms with van der Waals surface area (Å²) in [5.74, 6) is 0.968. The highest BCUT2D eigenvalue weighted by Crippen LogP contribution is 2.12. The van der Waals surface area contributed by atoms with Gasteiger partial charge in [0.1, 0.15) is 0 Å². The fourth-order valence-corrected chi connectivity index (χ4v) is 1.19. The van der Waals surface area contributed by atoms with Crippen LogP contribution in [0.4, 0.5) is 0 Å². The van der Waals surface area contributed by atoms with E-state index in [9.17, 15) is 0 Å². The van der Waals surface area contributed by atoms with Crippen molar-refractivity contribution in [3.8, 4) is 0 Å². The highest BCUT2D eigenvalue weighted by molar-refractivity contribution is 5.26. The van der Waals surface area contributed by atoms with Crippen molar-refractivity contribution in [2.75, 3.05) is 0 Å². The van der Waals surface area contributed by atoms with Crippen LogP contribution in [0.3, 0.4) is 0 Å². The standard InChI is InChI=1S/C9H20.2CHNO/c1-4-6-8-9(3)7-5-2;2*2-1-3/h9H,4-8H2,1-3H3;2*2H. The van der Waals surface area contributed by atoms with E-state index in [4.69, 9.17) is 20.4 Å². The number of hydrogen-bond acceptors (Lipinski definition) is 4. The average molecular weight is 214 g/mol. The summed E-state index contributed by atoms with van der Waals surface area (Å²) in [7, 11) is 0. The molecule has 1 unspecified atom stereocenters. The molecule has 4 heteroatoms. The molecule has 2 N–H and O–H groups in total. The van der Waals surface area contributed by atoms with E-state index >= 15 is 0 Å². The molecular weight excluding hydrogens is 192 g/mol. The maximum absolute atomic E-state index is 8.35. The van der Waals surface area contributed by atoms with Crippen LogP contribution in [0.25, 0.3) is 0 Å². The lowest BCUT2D eigenvalue weighted by molar-refractivity contribution is 0.466. The van der Waals surface area contributed by atoms with Gasteiger partial charge in [0.25, 0.3) is 0 Å². The highest BCUT2D eigenvalue weighted by atomic mass is 16.1. The third kappa shape index (κ3) is 44.5. The van der Waals surface area contributed by atoms with Crippen molar-refractivity contribution in [2.45, 2.75) is 52.9 Å². The van der Waals surface area contributed by atoms with Crippen molar-refractivity contribution in [2.24, 2.45) is 5.92 Å². The number of unbranched alkanes of at least 4 members (excludes halogenated alkanes) is 1. The van der Waals surface area contributed by atoms with Crippen molar-refractivity contribution in [1.29, 1.82) is 10.8 Å². The lowest BCUT2D eigenvalue weighted by Gasteiger charge is -2.07. The Morgan fingerprint density at radius 3 is 1.67 bits per heavy atom. The first-order valence-electron chi connectivity index (χ1n) is 5.22. The maximum atomic E-state index is 8.35. The summed E-state index contributed by atoms with van der Waals surface area (Å²) in [4.78, 5) is 16.7. The van der Waals surface area contributed by atoms with Crippen LogP contribution in [0.1, 0.15) is 52.9 Å². The summed E-state index contributed by atoms with van der Waals surface area (Å²) >= 11 is 0. The van der Waals surface area contributed by atoms with Crippen LogP contribution in [0, 0.1) is 16.7 Å². The molecule has 0 spiro atoms. The van der Waals surface area contributed by atoms with Crippen LogP contribution >= 0.6 is 0 Å². The average Bonchev–Trinajstić information content (AvgIpc) is 2.18. The normalized spacial score (nSPS) is 9.27. The number of carbonyl (C=O) groups excluding carboxylic acids is 2. The van der Waals surface area contributed by atoms with Crippen LogP contribution in [-0.4, -0.2) is 12.2 Å². The van der Waals surface area contributed by atoms with E-state index in [-0.39, 0.29) is 0 Å². The van der Waals surface area contributed by atoms with E-state index in [0.29, 0.717) is 0 Å². The van der Waals surface area contributed by atoms with Crippen LogP contribution in [0.5, 0.6) is 0 Å². The summed E-state index contributed by atoms with van der Waals surface area (Å²) in [6.07, 6.45) is 8.48. The molecule has 4 nitrogen and oxygen atoms in total. The van der Waals surface area contributed by atoms with Gasteiger partial charge >= 0.3 is 0 Å². The second kappa shape index (κ2) is 23.0. The van der Waals surface area contributed by atoms with Gasteiger partial charge < -0.3 is 0 Å². The molecule has 0 radical (unpaired) electrons. The molecular formula is C11H22N2O2. The fourth-order valence-electron chi connectivity index (χ4n) is 1.19. The maximum Gasteiger partial charge on any atom is 0.231 e. The Morgan fingerprint density at radius 2 is 1.40 bits per heavy atom. The highest BCUT2D eigenvalue weighted by Gasteiger charge is 1.97. The minimum atomic E-state index is 0.750. The minimum Gasteiger partial charge on any atom is -0.222 e. The van der Waals surface area contributed by atoms with Gasteiger partial charge in [-0.2, -0.15) is 0 Å². The number of nitrogens with one attached hydrogen (secondary N) is 2. The van der Waals surface area contributed by atoms with E-state index < -0.39 is 0 Å². The summed E-state index contributed by atoms with van der Waals surface area (Å²) in [5.41, 5.74) is 0. The summed E-state index contributed by atoms with van der Waals surface area (Å²) < 4.78 is 0. The fraction of sp³-hybridized carbons (Fsp3) is 0.818. The third-order valence-electron chi connectivity index (χ3n) is 1.83. The van der Waals surface area contributed by atoms with Gasteiger partial charge in [-0.05, 0) is 5.92 Å². The zero-order valence-corrected chi connectivity index (χ0v) is 9.93. The lowest BCUT2D eigenvalue weighted by Crippen LogP contribution is -1.92. The van der Waals surface area contributed by atoms with Gasteiger partial charge in [-0.15, -0.1) is 0 Å². The molecule has 88 valence electrons. The van der Waals surface area contributed by atoms with Gasteiger partial charge in [-0.25, -0.2) is 20.4 Å². The van der Waals surface area contributed by atoms with E-state index in [1.165, 1.54) is 32.1 Å². The van der Waals surface area contributed by atoms with Crippen LogP contribution in [-0.2, 0) is 9.59 Å². The van der Waals surface area contributed by atoms with E-state index in [2.05, 4.69) is 20.8 Å². The predicted molar refractivity (Wildman–Crippen MR) is 60.4 cm³/mol. The largest absolute Gasteiger partial charge is 0.231 e. The molecule has 0 aliphatic carbocycles. The molecule has 0 saturated heterocycles. The first kappa shape index (κ1) is 19.4. The predicted octanol–water partition coefficient (Wildman–Crippen LogP) is 3.41. The molecule has 0 aliphatic rings. The molecule has 1 atom stereocenters. The van der Waals surface area contributed by atoms with E-state index in [1.54, 1.807) is 0 Å². The summed E-state index contributed by atoms with van der Waals surface area (Å²) in [6, 6.07) is 0. The van der Waals surface area contributed by atoms with Crippen molar-refractivity contribution in [3.63, 3.8) is 0 Å². The molecule has 0 saturated carbocycles. The third-order valence-corrected chi connectivity index (χ3v) is 1.83. The van der Waals surface area contributed by atoms with Gasteiger partial charge in [0.2, 0.25) is 12.2 Å². The molecule has 0 rings (SSSR count). The molecule has 0 aromatic rings. The Kier molecular flexibility index (Phi) is 29.7. The molecule has 0 aromatic carbocycles. The van der Waals surface area contributed by atoms with Gasteiger partial charge in [0.05, 0.1) is 0 Å². The van der Waals surface area contributed by atoms with Gasteiger partial charge in [-0.1, -0.05) is 52.9 Å². The summed E-state index contributed by atoms with van der Waals surface area (Å²) in [5, 5.41) is 10.8. The van der Waals surface area contributed by atoms with Crippen molar-refractivity contribution in [1.82, 2.24) is 0 Å². The molecule has 15 heavy (non-hydrogen) atoms. The minimum absolute atomic E-state index is 0.750. The zero-order chi connectivity index (χ0) is 12.5. The Balaban J connectivity index is -0.000000200. The number of hydrogen-bond donors (Lipinski definition) is 2. The first-order chi connectivity index (χ1) is 7.14. The molecule has 0 heterocycles. The lowest BCUT2D eigenvalue weighted by atomic mass is 10.00. The second-order valence-electron chi connectivity index (χ2n) is 3.24. The van der Waals surface area contributed by atoms with Crippen molar-refractivity contribution >= 4 is 12.2 Å². The Bertz CT molecular complexity index is 157. The Labute approximate surface area is 92.1 Å². The molecule has 0 fully saturated rings. The molecule has 0 aromatic heterocycles. The molecule has 0 amide bonds. The van der Waals surface area contributed by atoms with Crippen molar-refractivity contribution in [3.05, 3.63) is 0 Å². The first-order valence-corrected chi connectivity index (χ1v) is 5.22. The SMILES string of the molecule is CCCCC(C)CCC.N=C=O.N=C=O. The van der Waals surface area contributed by atoms with Crippen LogP contribution in [0.15, 0.2) is 0 Å². The van der Waals surface area contributed by atoms with Gasteiger partial charge in [0, 0.05) is 0 Å². The number of rotatable bonds is 5. The Morgan fingerprint density at radius 1 is 1.00 bits per heavy atom. The molecule has 0 aliphatic heterocycles. The van der Waals surface area contributed by atoms with E-state index in [1.807, 2.05) is 0 Å². The summed E-state index contributed by atoms with van der Waals surface area (Å²) in [6.45, 7) is 6.89. The quantitative estimate of drug-likeness (QED) is 0.543. The van der Waals surface area contributed by atoms with Gasteiger partial charge in [0.15, 0.2) is 0 Å². The van der Waals surface area contributed by atoms with Crippen LogP contribution < -0.4 is 0 Å². The topological polar surface area (TPSA) is 81.8 Å². The van der Waals surface area contributed by atoms with E-state index in [0.717, 1.165) is 18.1 Å². The monoisotopic (exact) mass is 214 g/mol. The molecule has 0 bridgehead atoms.